The minimum atomic E-state index is -4.04. The van der Waals surface area contributed by atoms with Crippen LogP contribution in [-0.4, -0.2) is 49.2 Å². The van der Waals surface area contributed by atoms with Crippen molar-refractivity contribution in [2.75, 3.05) is 20.1 Å². The van der Waals surface area contributed by atoms with Gasteiger partial charge in [0.15, 0.2) is 0 Å². The summed E-state index contributed by atoms with van der Waals surface area (Å²) < 4.78 is 25.9. The molecule has 0 aliphatic carbocycles. The highest BCUT2D eigenvalue weighted by atomic mass is 35.5. The molecule has 0 radical (unpaired) electrons. The van der Waals surface area contributed by atoms with Crippen molar-refractivity contribution in [2.24, 2.45) is 11.7 Å². The number of nitrogens with one attached hydrogen (secondary N) is 1. The number of halogens is 1. The van der Waals surface area contributed by atoms with Crippen LogP contribution in [0.4, 0.5) is 5.69 Å². The third-order valence-electron chi connectivity index (χ3n) is 4.23. The van der Waals surface area contributed by atoms with Gasteiger partial charge in [-0.25, -0.2) is 8.42 Å². The first-order chi connectivity index (χ1) is 11.4. The smallest absolute Gasteiger partial charge is 0.270 e. The number of carbonyl (C=O) groups is 1. The van der Waals surface area contributed by atoms with Crippen molar-refractivity contribution in [2.45, 2.75) is 31.2 Å². The van der Waals surface area contributed by atoms with Gasteiger partial charge in [0.1, 0.15) is 0 Å². The maximum absolute atomic E-state index is 12.5. The number of carbonyl (C=O) groups excluding carboxylic acids is 1. The minimum Gasteiger partial charge on any atom is -0.348 e. The molecular formula is C15H25ClN4O5S. The van der Waals surface area contributed by atoms with E-state index >= 15 is 0 Å². The highest BCUT2D eigenvalue weighted by Crippen LogP contribution is 2.20. The third kappa shape index (κ3) is 5.63. The summed E-state index contributed by atoms with van der Waals surface area (Å²) in [6.45, 7) is 5.36. The Kier molecular flexibility index (Phi) is 8.64. The number of sulfonamides is 1. The zero-order chi connectivity index (χ0) is 19.4. The molecule has 0 aliphatic rings. The first-order valence-corrected chi connectivity index (χ1v) is 9.10. The highest BCUT2D eigenvalue weighted by Gasteiger charge is 2.31. The SMILES string of the molecule is CC(C)C(C)(CN)NC(=O)CN(C)S(=O)(=O)c1cccc([N+](=O)[O-])c1.Cl. The van der Waals surface area contributed by atoms with Crippen molar-refractivity contribution in [3.05, 3.63) is 34.4 Å². The van der Waals surface area contributed by atoms with Crippen molar-refractivity contribution in [1.29, 1.82) is 0 Å². The lowest BCUT2D eigenvalue weighted by Crippen LogP contribution is -2.56. The number of benzene rings is 1. The van der Waals surface area contributed by atoms with Crippen LogP contribution in [-0.2, 0) is 14.8 Å². The van der Waals surface area contributed by atoms with Gasteiger partial charge in [0, 0.05) is 25.7 Å². The average Bonchev–Trinajstić information content (AvgIpc) is 2.54. The van der Waals surface area contributed by atoms with Crippen LogP contribution in [0.3, 0.4) is 0 Å². The Morgan fingerprint density at radius 1 is 1.42 bits per heavy atom. The summed E-state index contributed by atoms with van der Waals surface area (Å²) in [4.78, 5) is 22.1. The zero-order valence-electron chi connectivity index (χ0n) is 15.1. The van der Waals surface area contributed by atoms with Crippen molar-refractivity contribution < 1.29 is 18.1 Å². The number of hydrogen-bond acceptors (Lipinski definition) is 6. The lowest BCUT2D eigenvalue weighted by Gasteiger charge is -2.34. The Bertz CT molecular complexity index is 756. The van der Waals surface area contributed by atoms with Gasteiger partial charge in [0.05, 0.1) is 21.9 Å². The molecule has 26 heavy (non-hydrogen) atoms. The number of likely N-dealkylation sites (N-methyl/N-ethyl adjacent to an activating group) is 1. The molecule has 0 fully saturated rings. The fraction of sp³-hybridized carbons (Fsp3) is 0.533. The lowest BCUT2D eigenvalue weighted by molar-refractivity contribution is -0.385. The Labute approximate surface area is 159 Å². The fourth-order valence-corrected chi connectivity index (χ4v) is 3.18. The quantitative estimate of drug-likeness (QED) is 0.488. The normalized spacial score (nSPS) is 13.8. The summed E-state index contributed by atoms with van der Waals surface area (Å²) >= 11 is 0. The number of nitrogens with two attached hydrogens (primary N) is 1. The number of nitrogens with zero attached hydrogens (tertiary/aromatic N) is 2. The number of nitro groups is 1. The molecule has 0 heterocycles. The van der Waals surface area contributed by atoms with Crippen LogP contribution in [0.25, 0.3) is 0 Å². The predicted octanol–water partition coefficient (Wildman–Crippen LogP) is 1.13. The molecular weight excluding hydrogens is 384 g/mol. The maximum atomic E-state index is 12.5. The van der Waals surface area contributed by atoms with Crippen molar-refractivity contribution in [1.82, 2.24) is 9.62 Å². The van der Waals surface area contributed by atoms with E-state index in [4.69, 9.17) is 5.73 Å². The molecule has 1 rings (SSSR count). The molecule has 1 atom stereocenters. The van der Waals surface area contributed by atoms with E-state index in [-0.39, 0.29) is 35.5 Å². The van der Waals surface area contributed by atoms with Gasteiger partial charge in [0.25, 0.3) is 5.69 Å². The number of nitro benzene ring substituents is 1. The topological polar surface area (TPSA) is 136 Å². The van der Waals surface area contributed by atoms with E-state index in [0.29, 0.717) is 0 Å². The molecule has 0 saturated carbocycles. The Hall–Kier alpha value is -1.75. The van der Waals surface area contributed by atoms with Gasteiger partial charge in [-0.1, -0.05) is 19.9 Å². The second-order valence-corrected chi connectivity index (χ2v) is 8.38. The van der Waals surface area contributed by atoms with Gasteiger partial charge in [-0.2, -0.15) is 4.31 Å². The highest BCUT2D eigenvalue weighted by molar-refractivity contribution is 7.89. The second kappa shape index (κ2) is 9.26. The largest absolute Gasteiger partial charge is 0.348 e. The first-order valence-electron chi connectivity index (χ1n) is 7.66. The summed E-state index contributed by atoms with van der Waals surface area (Å²) in [6.07, 6.45) is 0. The Morgan fingerprint density at radius 3 is 2.46 bits per heavy atom. The molecule has 0 bridgehead atoms. The molecule has 1 aromatic rings. The van der Waals surface area contributed by atoms with Crippen molar-refractivity contribution >= 4 is 34.0 Å². The van der Waals surface area contributed by atoms with Crippen molar-refractivity contribution in [3.63, 3.8) is 0 Å². The molecule has 0 saturated heterocycles. The zero-order valence-corrected chi connectivity index (χ0v) is 16.8. The van der Waals surface area contributed by atoms with Gasteiger partial charge >= 0.3 is 0 Å². The standard InChI is InChI=1S/C15H24N4O5S.ClH/c1-11(2)15(3,10-16)17-14(20)9-18(4)25(23,24)13-7-5-6-12(8-13)19(21)22;/h5-8,11H,9-10,16H2,1-4H3,(H,17,20);1H. The van der Waals surface area contributed by atoms with E-state index in [2.05, 4.69) is 5.32 Å². The van der Waals surface area contributed by atoms with E-state index in [1.807, 2.05) is 13.8 Å². The van der Waals surface area contributed by atoms with Crippen LogP contribution >= 0.6 is 12.4 Å². The van der Waals surface area contributed by atoms with Crippen LogP contribution in [0.1, 0.15) is 20.8 Å². The molecule has 9 nitrogen and oxygen atoms in total. The molecule has 1 unspecified atom stereocenters. The van der Waals surface area contributed by atoms with Gasteiger partial charge in [-0.3, -0.25) is 14.9 Å². The Morgan fingerprint density at radius 2 is 2.00 bits per heavy atom. The van der Waals surface area contributed by atoms with Crippen LogP contribution in [0.2, 0.25) is 0 Å². The van der Waals surface area contributed by atoms with E-state index in [1.54, 1.807) is 6.92 Å². The van der Waals surface area contributed by atoms with Gasteiger partial charge in [-0.05, 0) is 18.9 Å². The van der Waals surface area contributed by atoms with Crippen LogP contribution in [0.15, 0.2) is 29.2 Å². The van der Waals surface area contributed by atoms with Crippen LogP contribution < -0.4 is 11.1 Å². The maximum Gasteiger partial charge on any atom is 0.270 e. The Balaban J connectivity index is 0.00000625. The molecule has 1 amide bonds. The van der Waals surface area contributed by atoms with E-state index in [1.165, 1.54) is 25.2 Å². The molecule has 3 N–H and O–H groups in total. The molecule has 0 aliphatic heterocycles. The lowest BCUT2D eigenvalue weighted by atomic mass is 9.88. The van der Waals surface area contributed by atoms with Crippen LogP contribution in [0.5, 0.6) is 0 Å². The van der Waals surface area contributed by atoms with E-state index < -0.39 is 32.9 Å². The number of non-ortho nitro benzene ring substituents is 1. The molecule has 148 valence electrons. The van der Waals surface area contributed by atoms with Gasteiger partial charge in [0.2, 0.25) is 15.9 Å². The fourth-order valence-electron chi connectivity index (χ4n) is 2.01. The summed E-state index contributed by atoms with van der Waals surface area (Å²) in [6, 6.07) is 4.68. The van der Waals surface area contributed by atoms with Crippen LogP contribution in [0, 0.1) is 16.0 Å². The monoisotopic (exact) mass is 408 g/mol. The molecule has 0 aromatic heterocycles. The first kappa shape index (κ1) is 24.2. The minimum absolute atomic E-state index is 0. The van der Waals surface area contributed by atoms with E-state index in [0.717, 1.165) is 10.4 Å². The molecule has 11 heteroatoms. The molecule has 0 spiro atoms. The van der Waals surface area contributed by atoms with Crippen molar-refractivity contribution in [3.8, 4) is 0 Å². The summed E-state index contributed by atoms with van der Waals surface area (Å²) in [5, 5.41) is 13.6. The molecule has 1 aromatic carbocycles. The number of hydrogen-bond donors (Lipinski definition) is 2. The summed E-state index contributed by atoms with van der Waals surface area (Å²) in [5.74, 6) is -0.446. The average molecular weight is 409 g/mol. The second-order valence-electron chi connectivity index (χ2n) is 6.34. The summed E-state index contributed by atoms with van der Waals surface area (Å²) in [7, 11) is -2.80. The van der Waals surface area contributed by atoms with E-state index in [9.17, 15) is 23.3 Å². The van der Waals surface area contributed by atoms with Gasteiger partial charge < -0.3 is 11.1 Å². The summed E-state index contributed by atoms with van der Waals surface area (Å²) in [5.41, 5.74) is 4.70. The number of rotatable bonds is 8. The predicted molar refractivity (Wildman–Crippen MR) is 101 cm³/mol. The third-order valence-corrected chi connectivity index (χ3v) is 6.03. The number of amides is 1. The van der Waals surface area contributed by atoms with Gasteiger partial charge in [-0.15, -0.1) is 12.4 Å².